The highest BCUT2D eigenvalue weighted by Gasteiger charge is 2.47. The third kappa shape index (κ3) is 11.5. The first kappa shape index (κ1) is 56.7. The Hall–Kier alpha value is -5.10. The summed E-state index contributed by atoms with van der Waals surface area (Å²) in [6.45, 7) is 7.05. The maximum absolute atomic E-state index is 13.2. The molecule has 4 aliphatic heterocycles. The number of aliphatic hydroxyl groups is 2. The molecule has 80 heavy (non-hydrogen) atoms. The summed E-state index contributed by atoms with van der Waals surface area (Å²) < 4.78 is 69.2. The lowest BCUT2D eigenvalue weighted by atomic mass is 9.68. The fourth-order valence-electron chi connectivity index (χ4n) is 13.9. The zero-order valence-corrected chi connectivity index (χ0v) is 48.8. The number of hydrogen-bond acceptors (Lipinski definition) is 12. The van der Waals surface area contributed by atoms with E-state index >= 15 is 0 Å². The first-order valence-electron chi connectivity index (χ1n) is 28.7. The van der Waals surface area contributed by atoms with Crippen molar-refractivity contribution in [2.24, 2.45) is 23.7 Å². The molecule has 0 saturated heterocycles. The number of sulfonamides is 2. The molecule has 14 nitrogen and oxygen atoms in total. The summed E-state index contributed by atoms with van der Waals surface area (Å²) in [5.41, 5.74) is 6.67. The van der Waals surface area contributed by atoms with E-state index in [4.69, 9.17) is 32.7 Å². The van der Waals surface area contributed by atoms with Crippen LogP contribution < -0.4 is 28.7 Å². The molecule has 8 aliphatic rings. The molecule has 4 heterocycles. The third-order valence-corrected chi connectivity index (χ3v) is 23.0. The quantitative estimate of drug-likeness (QED) is 0.122. The highest BCUT2D eigenvalue weighted by Crippen LogP contribution is 2.49. The van der Waals surface area contributed by atoms with Crippen LogP contribution in [0.2, 0.25) is 10.0 Å². The molecule has 10 atom stereocenters. The summed E-state index contributed by atoms with van der Waals surface area (Å²) in [5, 5.41) is 22.0. The van der Waals surface area contributed by atoms with Crippen LogP contribution in [0.1, 0.15) is 134 Å². The Labute approximate surface area is 481 Å². The van der Waals surface area contributed by atoms with E-state index in [1.54, 1.807) is 50.2 Å². The van der Waals surface area contributed by atoms with Crippen LogP contribution in [0.3, 0.4) is 0 Å². The Balaban J connectivity index is 0.000000169. The van der Waals surface area contributed by atoms with Crippen molar-refractivity contribution in [1.82, 2.24) is 9.44 Å². The summed E-state index contributed by atoms with van der Waals surface area (Å²) in [4.78, 5) is 31.0. The lowest BCUT2D eigenvalue weighted by Gasteiger charge is -2.45. The molecule has 18 heteroatoms. The SMILES string of the molecule is C[C@@H]1CC/C=C/[C@H](O)[C@@H]2CC[C@H]2CN2C[C@@]3(CCCc4cc(Cl)ccc43)COc3ccc(cc32)C(=O)NS1(=O)=O.C[C@H]1CC/C=C/[C@H](O)[C@@H]2CC[C@H]2CN2C[C@@]3(CCCc4cc(Cl)ccc43)COc3ccc(cc32)C(=O)NS1(=O)=O. The molecule has 2 saturated carbocycles. The zero-order chi connectivity index (χ0) is 56.1. The van der Waals surface area contributed by atoms with Gasteiger partial charge in [0.25, 0.3) is 11.8 Å². The van der Waals surface area contributed by atoms with Crippen molar-refractivity contribution >= 4 is 66.4 Å². The van der Waals surface area contributed by atoms with Gasteiger partial charge in [0.05, 0.1) is 47.3 Å². The molecular formula is C62H74Cl2N4O10S2. The monoisotopic (exact) mass is 1170 g/mol. The number of nitrogens with one attached hydrogen (secondary N) is 2. The average molecular weight is 1170 g/mol. The molecule has 4 bridgehead atoms. The van der Waals surface area contributed by atoms with E-state index in [0.29, 0.717) is 75.3 Å². The first-order valence-corrected chi connectivity index (χ1v) is 32.6. The number of halogens is 2. The van der Waals surface area contributed by atoms with Crippen molar-refractivity contribution in [3.05, 3.63) is 141 Å². The van der Waals surface area contributed by atoms with Crippen LogP contribution in [0, 0.1) is 23.7 Å². The number of amides is 2. The number of carbonyl (C=O) groups excluding carboxylic acids is 2. The summed E-state index contributed by atoms with van der Waals surface area (Å²) in [7, 11) is -7.72. The number of fused-ring (bicyclic) bond motifs is 8. The van der Waals surface area contributed by atoms with E-state index in [2.05, 4.69) is 43.5 Å². The molecule has 2 amide bonds. The molecule has 4 aromatic rings. The van der Waals surface area contributed by atoms with Gasteiger partial charge < -0.3 is 29.5 Å². The number of rotatable bonds is 0. The van der Waals surface area contributed by atoms with Crippen molar-refractivity contribution in [1.29, 1.82) is 0 Å². The van der Waals surface area contributed by atoms with Gasteiger partial charge in [0.2, 0.25) is 20.0 Å². The number of hydrogen-bond donors (Lipinski definition) is 4. The van der Waals surface area contributed by atoms with E-state index in [-0.39, 0.29) is 33.8 Å². The molecule has 0 radical (unpaired) electrons. The van der Waals surface area contributed by atoms with Crippen molar-refractivity contribution in [3.8, 4) is 11.5 Å². The van der Waals surface area contributed by atoms with Gasteiger partial charge in [0.15, 0.2) is 0 Å². The highest BCUT2D eigenvalue weighted by molar-refractivity contribution is 7.91. The van der Waals surface area contributed by atoms with E-state index in [1.807, 2.05) is 36.4 Å². The minimum absolute atomic E-state index is 0.137. The molecule has 4 N–H and O–H groups in total. The molecule has 428 valence electrons. The predicted octanol–water partition coefficient (Wildman–Crippen LogP) is 10.00. The Morgan fingerprint density at radius 1 is 0.575 bits per heavy atom. The Kier molecular flexibility index (Phi) is 16.3. The Morgan fingerprint density at radius 3 is 1.40 bits per heavy atom. The summed E-state index contributed by atoms with van der Waals surface area (Å²) in [5.74, 6) is 0.958. The lowest BCUT2D eigenvalue weighted by Crippen LogP contribution is -2.49. The molecule has 4 aliphatic carbocycles. The minimum Gasteiger partial charge on any atom is -0.490 e. The van der Waals surface area contributed by atoms with Gasteiger partial charge in [-0.25, -0.2) is 26.3 Å². The van der Waals surface area contributed by atoms with Gasteiger partial charge >= 0.3 is 0 Å². The maximum atomic E-state index is 13.2. The number of benzene rings is 4. The molecular weight excluding hydrogens is 1100 g/mol. The second-order valence-electron chi connectivity index (χ2n) is 24.1. The largest absolute Gasteiger partial charge is 0.490 e. The van der Waals surface area contributed by atoms with Crippen molar-refractivity contribution in [2.45, 2.75) is 137 Å². The van der Waals surface area contributed by atoms with Crippen LogP contribution in [-0.4, -0.2) is 101 Å². The highest BCUT2D eigenvalue weighted by atomic mass is 35.5. The number of carbonyl (C=O) groups is 2. The number of anilines is 2. The fourth-order valence-corrected chi connectivity index (χ4v) is 16.4. The van der Waals surface area contributed by atoms with Gasteiger partial charge in [-0.15, -0.1) is 0 Å². The second-order valence-corrected chi connectivity index (χ2v) is 29.2. The van der Waals surface area contributed by atoms with E-state index in [9.17, 15) is 36.6 Å². The number of allylic oxidation sites excluding steroid dienone is 2. The normalized spacial score (nSPS) is 32.5. The smallest absolute Gasteiger partial charge is 0.264 e. The van der Waals surface area contributed by atoms with E-state index < -0.39 is 54.6 Å². The molecule has 2 fully saturated rings. The summed E-state index contributed by atoms with van der Waals surface area (Å²) in [6, 6.07) is 22.7. The molecule has 0 unspecified atom stereocenters. The van der Waals surface area contributed by atoms with Crippen LogP contribution in [0.5, 0.6) is 11.5 Å². The molecule has 0 aromatic heterocycles. The number of aryl methyl sites for hydroxylation is 2. The first-order chi connectivity index (χ1) is 38.3. The topological polar surface area (TPSA) is 192 Å². The predicted molar refractivity (Wildman–Crippen MR) is 313 cm³/mol. The van der Waals surface area contributed by atoms with E-state index in [0.717, 1.165) is 98.7 Å². The molecule has 4 aromatic carbocycles. The third-order valence-electron chi connectivity index (χ3n) is 19.0. The molecule has 12 rings (SSSR count). The van der Waals surface area contributed by atoms with Gasteiger partial charge in [-0.1, -0.05) is 59.6 Å². The Morgan fingerprint density at radius 2 is 1.00 bits per heavy atom. The van der Waals surface area contributed by atoms with Crippen molar-refractivity contribution in [3.63, 3.8) is 0 Å². The number of ether oxygens (including phenoxy) is 2. The lowest BCUT2D eigenvalue weighted by molar-refractivity contribution is 0.0454. The second kappa shape index (κ2) is 22.9. The standard InChI is InChI=1S/2C31H37ClN2O5S/c2*1-20-5-2-3-7-28(35)25-11-8-23(25)17-34-18-31(14-4-6-21-15-24(32)10-12-26(21)31)19-39-29-13-9-22(16-27(29)34)30(36)33-40(20,37)38/h2*3,7,9-10,12-13,15-16,20,23,25,28,35H,2,4-6,8,11,14,17-19H2,1H3,(H,33,36)/b2*7-3+/t20-,23+,25-,28+,31+;20-,23-,25+,28-,31-/m10/s1. The van der Waals surface area contributed by atoms with Crippen LogP contribution in [0.4, 0.5) is 11.4 Å². The van der Waals surface area contributed by atoms with Crippen molar-refractivity contribution < 1.29 is 46.1 Å². The van der Waals surface area contributed by atoms with Crippen LogP contribution in [0.15, 0.2) is 97.1 Å². The minimum atomic E-state index is -3.86. The zero-order valence-electron chi connectivity index (χ0n) is 45.6. The fraction of sp³-hybridized carbons (Fsp3) is 0.516. The maximum Gasteiger partial charge on any atom is 0.264 e. The van der Waals surface area contributed by atoms with Gasteiger partial charge in [-0.3, -0.25) is 9.59 Å². The van der Waals surface area contributed by atoms with Crippen molar-refractivity contribution in [2.75, 3.05) is 49.2 Å². The molecule has 2 spiro atoms. The number of aliphatic hydroxyl groups excluding tert-OH is 2. The van der Waals surface area contributed by atoms with Crippen LogP contribution in [0.25, 0.3) is 0 Å². The van der Waals surface area contributed by atoms with Gasteiger partial charge in [0.1, 0.15) is 11.5 Å². The van der Waals surface area contributed by atoms with Crippen LogP contribution >= 0.6 is 23.2 Å². The van der Waals surface area contributed by atoms with Gasteiger partial charge in [-0.05, 0) is 210 Å². The van der Waals surface area contributed by atoms with E-state index in [1.165, 1.54) is 22.3 Å². The number of nitrogens with zero attached hydrogens (tertiary/aromatic N) is 2. The average Bonchev–Trinajstić information content (AvgIpc) is 3.66. The Bertz CT molecular complexity index is 3100. The van der Waals surface area contributed by atoms with Gasteiger partial charge in [0, 0.05) is 58.2 Å². The van der Waals surface area contributed by atoms with Gasteiger partial charge in [-0.2, -0.15) is 0 Å². The summed E-state index contributed by atoms with van der Waals surface area (Å²) in [6.07, 6.45) is 17.9. The van der Waals surface area contributed by atoms with Crippen LogP contribution in [-0.2, 0) is 43.7 Å². The summed E-state index contributed by atoms with van der Waals surface area (Å²) >= 11 is 12.7.